The molecule has 0 aromatic carbocycles. The maximum Gasteiger partial charge on any atom is 0.401 e. The van der Waals surface area contributed by atoms with Crippen molar-refractivity contribution in [3.8, 4) is 0 Å². The molecular formula is C12H25F3N2. The molecule has 0 aromatic heterocycles. The van der Waals surface area contributed by atoms with Gasteiger partial charge >= 0.3 is 6.18 Å². The van der Waals surface area contributed by atoms with E-state index in [0.717, 1.165) is 25.8 Å². The standard InChI is InChI=1S/C12H25F3N2/c1-4-8-17(10-12(13,14)15)9-6-7-11(3)16-5-2/h11,16H,4-10H2,1-3H3. The summed E-state index contributed by atoms with van der Waals surface area (Å²) in [5, 5.41) is 3.26. The van der Waals surface area contributed by atoms with Gasteiger partial charge in [-0.05, 0) is 45.8 Å². The van der Waals surface area contributed by atoms with Gasteiger partial charge in [0.15, 0.2) is 0 Å². The summed E-state index contributed by atoms with van der Waals surface area (Å²) in [6.45, 7) is 7.18. The van der Waals surface area contributed by atoms with Gasteiger partial charge in [-0.2, -0.15) is 13.2 Å². The fourth-order valence-corrected chi connectivity index (χ4v) is 1.91. The highest BCUT2D eigenvalue weighted by Crippen LogP contribution is 2.17. The van der Waals surface area contributed by atoms with Crippen LogP contribution in [-0.4, -0.2) is 43.3 Å². The number of hydrogen-bond donors (Lipinski definition) is 1. The molecule has 0 saturated carbocycles. The largest absolute Gasteiger partial charge is 0.401 e. The first-order valence-electron chi connectivity index (χ1n) is 6.41. The van der Waals surface area contributed by atoms with Crippen molar-refractivity contribution in [2.45, 2.75) is 52.3 Å². The van der Waals surface area contributed by atoms with Crippen molar-refractivity contribution < 1.29 is 13.2 Å². The molecule has 0 spiro atoms. The fourth-order valence-electron chi connectivity index (χ4n) is 1.91. The van der Waals surface area contributed by atoms with Crippen LogP contribution in [-0.2, 0) is 0 Å². The van der Waals surface area contributed by atoms with Crippen LogP contribution in [0.15, 0.2) is 0 Å². The summed E-state index contributed by atoms with van der Waals surface area (Å²) in [5.74, 6) is 0. The monoisotopic (exact) mass is 254 g/mol. The van der Waals surface area contributed by atoms with Gasteiger partial charge in [0.2, 0.25) is 0 Å². The Balaban J connectivity index is 3.84. The average Bonchev–Trinajstić information content (AvgIpc) is 2.15. The Kier molecular flexibility index (Phi) is 8.60. The number of nitrogens with zero attached hydrogens (tertiary/aromatic N) is 1. The number of nitrogens with one attached hydrogen (secondary N) is 1. The van der Waals surface area contributed by atoms with E-state index in [-0.39, 0.29) is 0 Å². The Morgan fingerprint density at radius 3 is 2.29 bits per heavy atom. The second kappa shape index (κ2) is 8.75. The zero-order valence-electron chi connectivity index (χ0n) is 11.1. The number of alkyl halides is 3. The first-order valence-corrected chi connectivity index (χ1v) is 6.41. The summed E-state index contributed by atoms with van der Waals surface area (Å²) in [4.78, 5) is 1.50. The molecule has 1 atom stereocenters. The second-order valence-corrected chi connectivity index (χ2v) is 4.49. The minimum atomic E-state index is -4.08. The Morgan fingerprint density at radius 2 is 1.82 bits per heavy atom. The molecule has 0 bridgehead atoms. The van der Waals surface area contributed by atoms with Gasteiger partial charge in [0.25, 0.3) is 0 Å². The van der Waals surface area contributed by atoms with Crippen molar-refractivity contribution >= 4 is 0 Å². The summed E-state index contributed by atoms with van der Waals surface area (Å²) in [6, 6.07) is 0.384. The lowest BCUT2D eigenvalue weighted by atomic mass is 10.1. The first kappa shape index (κ1) is 16.7. The summed E-state index contributed by atoms with van der Waals surface area (Å²) in [5.41, 5.74) is 0. The van der Waals surface area contributed by atoms with E-state index in [9.17, 15) is 13.2 Å². The van der Waals surface area contributed by atoms with E-state index in [4.69, 9.17) is 0 Å². The van der Waals surface area contributed by atoms with Crippen LogP contribution in [0.1, 0.15) is 40.0 Å². The van der Waals surface area contributed by atoms with Crippen molar-refractivity contribution in [3.05, 3.63) is 0 Å². The predicted molar refractivity (Wildman–Crippen MR) is 65.2 cm³/mol. The van der Waals surface area contributed by atoms with Gasteiger partial charge in [0.05, 0.1) is 6.54 Å². The maximum atomic E-state index is 12.3. The van der Waals surface area contributed by atoms with Gasteiger partial charge in [-0.3, -0.25) is 4.90 Å². The molecule has 0 amide bonds. The van der Waals surface area contributed by atoms with Gasteiger partial charge in [-0.25, -0.2) is 0 Å². The van der Waals surface area contributed by atoms with Crippen LogP contribution in [0.4, 0.5) is 13.2 Å². The quantitative estimate of drug-likeness (QED) is 0.680. The highest BCUT2D eigenvalue weighted by Gasteiger charge is 2.29. The van der Waals surface area contributed by atoms with Crippen molar-refractivity contribution in [2.24, 2.45) is 0 Å². The predicted octanol–water partition coefficient (Wildman–Crippen LogP) is 3.04. The lowest BCUT2D eigenvalue weighted by molar-refractivity contribution is -0.146. The molecule has 17 heavy (non-hydrogen) atoms. The SMILES string of the molecule is CCCN(CCCC(C)NCC)CC(F)(F)F. The van der Waals surface area contributed by atoms with Crippen LogP contribution in [0.2, 0.25) is 0 Å². The van der Waals surface area contributed by atoms with Crippen molar-refractivity contribution in [3.63, 3.8) is 0 Å². The second-order valence-electron chi connectivity index (χ2n) is 4.49. The molecule has 104 valence electrons. The van der Waals surface area contributed by atoms with E-state index < -0.39 is 12.7 Å². The minimum Gasteiger partial charge on any atom is -0.315 e. The van der Waals surface area contributed by atoms with Crippen LogP contribution >= 0.6 is 0 Å². The van der Waals surface area contributed by atoms with E-state index in [0.29, 0.717) is 19.1 Å². The molecule has 1 unspecified atom stereocenters. The first-order chi connectivity index (χ1) is 7.89. The smallest absolute Gasteiger partial charge is 0.315 e. The van der Waals surface area contributed by atoms with E-state index in [1.165, 1.54) is 4.90 Å². The lowest BCUT2D eigenvalue weighted by Crippen LogP contribution is -2.36. The topological polar surface area (TPSA) is 15.3 Å². The Morgan fingerprint density at radius 1 is 1.18 bits per heavy atom. The van der Waals surface area contributed by atoms with Crippen LogP contribution in [0, 0.1) is 0 Å². The van der Waals surface area contributed by atoms with Gasteiger partial charge in [-0.15, -0.1) is 0 Å². The molecule has 0 saturated heterocycles. The fraction of sp³-hybridized carbons (Fsp3) is 1.00. The van der Waals surface area contributed by atoms with Crippen LogP contribution < -0.4 is 5.32 Å². The number of rotatable bonds is 9. The summed E-state index contributed by atoms with van der Waals surface area (Å²) in [7, 11) is 0. The van der Waals surface area contributed by atoms with Gasteiger partial charge in [0.1, 0.15) is 0 Å². The Bertz CT molecular complexity index is 183. The molecule has 0 heterocycles. The third-order valence-electron chi connectivity index (χ3n) is 2.61. The third kappa shape index (κ3) is 10.6. The molecule has 0 aliphatic rings. The highest BCUT2D eigenvalue weighted by molar-refractivity contribution is 4.65. The molecule has 5 heteroatoms. The zero-order chi connectivity index (χ0) is 13.3. The summed E-state index contributed by atoms with van der Waals surface area (Å²) < 4.78 is 36.8. The maximum absolute atomic E-state index is 12.3. The average molecular weight is 254 g/mol. The van der Waals surface area contributed by atoms with Crippen LogP contribution in [0.25, 0.3) is 0 Å². The van der Waals surface area contributed by atoms with Crippen molar-refractivity contribution in [1.82, 2.24) is 10.2 Å². The zero-order valence-corrected chi connectivity index (χ0v) is 11.1. The molecule has 0 radical (unpaired) electrons. The van der Waals surface area contributed by atoms with Crippen molar-refractivity contribution in [2.75, 3.05) is 26.2 Å². The number of halogens is 3. The highest BCUT2D eigenvalue weighted by atomic mass is 19.4. The van der Waals surface area contributed by atoms with E-state index in [2.05, 4.69) is 12.2 Å². The van der Waals surface area contributed by atoms with Gasteiger partial charge in [-0.1, -0.05) is 13.8 Å². The normalized spacial score (nSPS) is 14.3. The summed E-state index contributed by atoms with van der Waals surface area (Å²) in [6.07, 6.45) is -1.59. The minimum absolute atomic E-state index is 0.384. The van der Waals surface area contributed by atoms with E-state index >= 15 is 0 Å². The Hall–Kier alpha value is -0.290. The molecule has 1 N–H and O–H groups in total. The molecule has 0 aliphatic heterocycles. The number of hydrogen-bond acceptors (Lipinski definition) is 2. The molecule has 0 fully saturated rings. The Labute approximate surface area is 103 Å². The third-order valence-corrected chi connectivity index (χ3v) is 2.61. The lowest BCUT2D eigenvalue weighted by Gasteiger charge is -2.23. The van der Waals surface area contributed by atoms with Gasteiger partial charge in [0, 0.05) is 6.04 Å². The molecular weight excluding hydrogens is 229 g/mol. The molecule has 0 rings (SSSR count). The van der Waals surface area contributed by atoms with E-state index in [1.54, 1.807) is 0 Å². The molecule has 0 aromatic rings. The summed E-state index contributed by atoms with van der Waals surface area (Å²) >= 11 is 0. The van der Waals surface area contributed by atoms with Gasteiger partial charge < -0.3 is 5.32 Å². The van der Waals surface area contributed by atoms with Crippen LogP contribution in [0.5, 0.6) is 0 Å². The van der Waals surface area contributed by atoms with Crippen molar-refractivity contribution in [1.29, 1.82) is 0 Å². The molecule has 0 aliphatic carbocycles. The van der Waals surface area contributed by atoms with Crippen LogP contribution in [0.3, 0.4) is 0 Å². The molecule has 2 nitrogen and oxygen atoms in total. The van der Waals surface area contributed by atoms with E-state index in [1.807, 2.05) is 13.8 Å².